The van der Waals surface area contributed by atoms with Crippen LogP contribution in [-0.4, -0.2) is 20.5 Å². The van der Waals surface area contributed by atoms with Crippen LogP contribution in [0.4, 0.5) is 5.82 Å². The lowest BCUT2D eigenvalue weighted by molar-refractivity contribution is 0.0651. The molecule has 0 bridgehead atoms. The first-order valence-corrected chi connectivity index (χ1v) is 4.47. The fraction of sp³-hybridized carbons (Fsp3) is 0.625. The molecule has 5 heteroatoms. The quantitative estimate of drug-likeness (QED) is 0.778. The predicted octanol–water partition coefficient (Wildman–Crippen LogP) is 1.28. The van der Waals surface area contributed by atoms with Gasteiger partial charge in [-0.05, 0) is 20.3 Å². The molecule has 0 saturated heterocycles. The van der Waals surface area contributed by atoms with Crippen molar-refractivity contribution in [2.24, 2.45) is 0 Å². The summed E-state index contributed by atoms with van der Waals surface area (Å²) in [5.41, 5.74) is 4.77. The Morgan fingerprint density at radius 1 is 1.69 bits per heavy atom. The van der Waals surface area contributed by atoms with Gasteiger partial charge in [-0.3, -0.25) is 4.68 Å². The van der Waals surface area contributed by atoms with E-state index in [1.165, 1.54) is 0 Å². The van der Waals surface area contributed by atoms with Gasteiger partial charge < -0.3 is 10.8 Å². The average Bonchev–Trinajstić information content (AvgIpc) is 2.27. The minimum Gasteiger partial charge on any atom is -0.390 e. The molecular weight excluding hydrogens is 190 g/mol. The number of aryl methyl sites for hydroxylation is 1. The normalized spacial score (nSPS) is 12.0. The zero-order chi connectivity index (χ0) is 10.1. The number of anilines is 1. The van der Waals surface area contributed by atoms with E-state index in [0.717, 1.165) is 0 Å². The Hall–Kier alpha value is -0.740. The Kier molecular flexibility index (Phi) is 2.83. The molecule has 0 fully saturated rings. The summed E-state index contributed by atoms with van der Waals surface area (Å²) in [6, 6.07) is 0. The monoisotopic (exact) mass is 203 g/mol. The van der Waals surface area contributed by atoms with Crippen LogP contribution < -0.4 is 5.73 Å². The van der Waals surface area contributed by atoms with Crippen molar-refractivity contribution in [3.63, 3.8) is 0 Å². The van der Waals surface area contributed by atoms with Gasteiger partial charge in [0.15, 0.2) is 5.82 Å². The van der Waals surface area contributed by atoms with Crippen LogP contribution in [0.3, 0.4) is 0 Å². The molecule has 1 aromatic rings. The van der Waals surface area contributed by atoms with Crippen molar-refractivity contribution in [3.05, 3.63) is 11.2 Å². The van der Waals surface area contributed by atoms with Gasteiger partial charge in [-0.2, -0.15) is 5.10 Å². The first-order valence-electron chi connectivity index (χ1n) is 4.09. The van der Waals surface area contributed by atoms with Crippen LogP contribution in [-0.2, 0) is 6.54 Å². The molecule has 0 radical (unpaired) electrons. The number of halogens is 1. The van der Waals surface area contributed by atoms with Gasteiger partial charge in [0.1, 0.15) is 5.02 Å². The minimum absolute atomic E-state index is 0.331. The molecule has 0 aromatic carbocycles. The summed E-state index contributed by atoms with van der Waals surface area (Å²) in [7, 11) is 0. The number of aliphatic hydroxyl groups is 1. The second kappa shape index (κ2) is 3.55. The number of aromatic nitrogens is 2. The lowest BCUT2D eigenvalue weighted by atomic mass is 10.1. The smallest absolute Gasteiger partial charge is 0.164 e. The maximum absolute atomic E-state index is 9.45. The minimum atomic E-state index is -0.687. The molecule has 13 heavy (non-hydrogen) atoms. The van der Waals surface area contributed by atoms with Crippen LogP contribution in [0.2, 0.25) is 5.02 Å². The number of rotatable bonds is 3. The van der Waals surface area contributed by atoms with Gasteiger partial charge in [-0.1, -0.05) is 11.6 Å². The van der Waals surface area contributed by atoms with Crippen molar-refractivity contribution in [2.75, 3.05) is 5.73 Å². The summed E-state index contributed by atoms with van der Waals surface area (Å²) in [5, 5.41) is 13.9. The Balaban J connectivity index is 2.56. The second-order valence-corrected chi connectivity index (χ2v) is 4.09. The average molecular weight is 204 g/mol. The molecule has 1 heterocycles. The molecule has 74 valence electrons. The molecule has 0 aliphatic carbocycles. The Bertz CT molecular complexity index is 271. The van der Waals surface area contributed by atoms with Crippen molar-refractivity contribution in [1.29, 1.82) is 0 Å². The Morgan fingerprint density at radius 2 is 2.31 bits per heavy atom. The molecule has 0 aliphatic heterocycles. The van der Waals surface area contributed by atoms with E-state index < -0.39 is 5.60 Å². The van der Waals surface area contributed by atoms with Crippen LogP contribution in [0.5, 0.6) is 0 Å². The SMILES string of the molecule is CC(C)(O)CCn1cc(Cl)c(N)n1. The van der Waals surface area contributed by atoms with E-state index in [1.54, 1.807) is 24.7 Å². The number of nitrogens with two attached hydrogens (primary N) is 1. The van der Waals surface area contributed by atoms with Crippen molar-refractivity contribution >= 4 is 17.4 Å². The third-order valence-corrected chi connectivity index (χ3v) is 1.99. The van der Waals surface area contributed by atoms with Crippen molar-refractivity contribution in [1.82, 2.24) is 9.78 Å². The number of hydrogen-bond acceptors (Lipinski definition) is 3. The van der Waals surface area contributed by atoms with Gasteiger partial charge in [0.25, 0.3) is 0 Å². The van der Waals surface area contributed by atoms with Crippen LogP contribution in [0, 0.1) is 0 Å². The Labute approximate surface area is 82.3 Å². The summed E-state index contributed by atoms with van der Waals surface area (Å²) in [5.74, 6) is 0.331. The van der Waals surface area contributed by atoms with Crippen LogP contribution in [0.25, 0.3) is 0 Å². The van der Waals surface area contributed by atoms with Gasteiger partial charge in [-0.15, -0.1) is 0 Å². The molecule has 0 amide bonds. The van der Waals surface area contributed by atoms with Gasteiger partial charge in [0.05, 0.1) is 5.60 Å². The van der Waals surface area contributed by atoms with Gasteiger partial charge >= 0.3 is 0 Å². The standard InChI is InChI=1S/C8H14ClN3O/c1-8(2,13)3-4-12-5-6(9)7(10)11-12/h5,13H,3-4H2,1-2H3,(H2,10,11). The fourth-order valence-electron chi connectivity index (χ4n) is 0.915. The van der Waals surface area contributed by atoms with Crippen LogP contribution in [0.15, 0.2) is 6.20 Å². The van der Waals surface area contributed by atoms with E-state index in [-0.39, 0.29) is 0 Å². The predicted molar refractivity (Wildman–Crippen MR) is 52.6 cm³/mol. The van der Waals surface area contributed by atoms with Crippen molar-refractivity contribution in [3.8, 4) is 0 Å². The number of nitrogen functional groups attached to an aromatic ring is 1. The fourth-order valence-corrected chi connectivity index (χ4v) is 1.07. The molecule has 0 atom stereocenters. The van der Waals surface area contributed by atoms with Crippen molar-refractivity contribution in [2.45, 2.75) is 32.4 Å². The molecule has 0 unspecified atom stereocenters. The van der Waals surface area contributed by atoms with E-state index in [9.17, 15) is 5.11 Å². The maximum atomic E-state index is 9.45. The summed E-state index contributed by atoms with van der Waals surface area (Å²) in [6.45, 7) is 4.11. The lowest BCUT2D eigenvalue weighted by Gasteiger charge is -2.16. The van der Waals surface area contributed by atoms with Crippen molar-refractivity contribution < 1.29 is 5.11 Å². The summed E-state index contributed by atoms with van der Waals surface area (Å²) >= 11 is 5.71. The van der Waals surface area contributed by atoms with E-state index in [1.807, 2.05) is 0 Å². The largest absolute Gasteiger partial charge is 0.390 e. The molecule has 4 nitrogen and oxygen atoms in total. The highest BCUT2D eigenvalue weighted by molar-refractivity contribution is 6.32. The van der Waals surface area contributed by atoms with Crippen LogP contribution in [0.1, 0.15) is 20.3 Å². The first-order chi connectivity index (χ1) is 5.88. The third kappa shape index (κ3) is 3.24. The van der Waals surface area contributed by atoms with Gasteiger partial charge in [0.2, 0.25) is 0 Å². The second-order valence-electron chi connectivity index (χ2n) is 3.69. The Morgan fingerprint density at radius 3 is 2.69 bits per heavy atom. The van der Waals surface area contributed by atoms with E-state index >= 15 is 0 Å². The highest BCUT2D eigenvalue weighted by Gasteiger charge is 2.13. The molecule has 3 N–H and O–H groups in total. The lowest BCUT2D eigenvalue weighted by Crippen LogP contribution is -2.21. The molecule has 1 aromatic heterocycles. The van der Waals surface area contributed by atoms with E-state index in [0.29, 0.717) is 23.8 Å². The van der Waals surface area contributed by atoms with E-state index in [2.05, 4.69) is 5.10 Å². The van der Waals surface area contributed by atoms with Gasteiger partial charge in [-0.25, -0.2) is 0 Å². The molecule has 0 saturated carbocycles. The first kappa shape index (κ1) is 10.3. The summed E-state index contributed by atoms with van der Waals surface area (Å²) in [6.07, 6.45) is 2.27. The highest BCUT2D eigenvalue weighted by atomic mass is 35.5. The third-order valence-electron chi connectivity index (χ3n) is 1.70. The summed E-state index contributed by atoms with van der Waals surface area (Å²) in [4.78, 5) is 0. The molecule has 0 spiro atoms. The maximum Gasteiger partial charge on any atom is 0.164 e. The summed E-state index contributed by atoms with van der Waals surface area (Å²) < 4.78 is 1.63. The molecular formula is C8H14ClN3O. The topological polar surface area (TPSA) is 64.1 Å². The van der Waals surface area contributed by atoms with E-state index in [4.69, 9.17) is 17.3 Å². The number of nitrogens with zero attached hydrogens (tertiary/aromatic N) is 2. The highest BCUT2D eigenvalue weighted by Crippen LogP contribution is 2.16. The number of hydrogen-bond donors (Lipinski definition) is 2. The molecule has 1 rings (SSSR count). The van der Waals surface area contributed by atoms with Crippen LogP contribution >= 0.6 is 11.6 Å². The zero-order valence-electron chi connectivity index (χ0n) is 7.79. The van der Waals surface area contributed by atoms with Gasteiger partial charge in [0, 0.05) is 12.7 Å². The zero-order valence-corrected chi connectivity index (χ0v) is 8.54. The molecule has 0 aliphatic rings.